The summed E-state index contributed by atoms with van der Waals surface area (Å²) < 4.78 is 0. The molecule has 1 heterocycles. The average molecular weight is 277 g/mol. The molecule has 1 aromatic carbocycles. The van der Waals surface area contributed by atoms with E-state index in [0.29, 0.717) is 18.4 Å². The Labute approximate surface area is 120 Å². The van der Waals surface area contributed by atoms with Crippen molar-refractivity contribution >= 4 is 11.7 Å². The molecular weight excluding hydrogens is 254 g/mol. The van der Waals surface area contributed by atoms with E-state index in [2.05, 4.69) is 18.7 Å². The molecule has 3 N–H and O–H groups in total. The molecule has 1 fully saturated rings. The van der Waals surface area contributed by atoms with Crippen LogP contribution in [0, 0.1) is 11.8 Å². The lowest BCUT2D eigenvalue weighted by Gasteiger charge is -2.24. The minimum absolute atomic E-state index is 0.181. The maximum absolute atomic E-state index is 11.6. The molecule has 0 spiro atoms. The van der Waals surface area contributed by atoms with Crippen LogP contribution in [-0.2, 0) is 0 Å². The van der Waals surface area contributed by atoms with Crippen molar-refractivity contribution in [1.29, 1.82) is 0 Å². The Bertz CT molecular complexity index is 451. The summed E-state index contributed by atoms with van der Waals surface area (Å²) in [7, 11) is 0. The van der Waals surface area contributed by atoms with Gasteiger partial charge in [-0.15, -0.1) is 0 Å². The van der Waals surface area contributed by atoms with Crippen molar-refractivity contribution in [3.63, 3.8) is 0 Å². The molecule has 0 saturated carbocycles. The largest absolute Gasteiger partial charge is 0.508 e. The predicted molar refractivity (Wildman–Crippen MR) is 79.8 cm³/mol. The third kappa shape index (κ3) is 3.42. The second-order valence-corrected chi connectivity index (χ2v) is 5.72. The Kier molecular flexibility index (Phi) is 4.49. The SMILES string of the molecule is CC1CN(CCN(C(N)=O)c2ccc(O)cc2)CC1C. The number of rotatable bonds is 4. The smallest absolute Gasteiger partial charge is 0.319 e. The third-order valence-electron chi connectivity index (χ3n) is 4.13. The molecule has 1 saturated heterocycles. The molecule has 0 radical (unpaired) electrons. The molecule has 0 aromatic heterocycles. The number of nitrogens with two attached hydrogens (primary N) is 1. The number of hydrogen-bond donors (Lipinski definition) is 2. The molecule has 5 nitrogen and oxygen atoms in total. The van der Waals surface area contributed by atoms with Gasteiger partial charge in [0.15, 0.2) is 0 Å². The van der Waals surface area contributed by atoms with E-state index >= 15 is 0 Å². The van der Waals surface area contributed by atoms with Crippen LogP contribution in [0.5, 0.6) is 5.75 Å². The van der Waals surface area contributed by atoms with Crippen molar-refractivity contribution in [2.45, 2.75) is 13.8 Å². The average Bonchev–Trinajstić information content (AvgIpc) is 2.71. The minimum Gasteiger partial charge on any atom is -0.508 e. The molecule has 5 heteroatoms. The molecule has 1 aliphatic rings. The summed E-state index contributed by atoms with van der Waals surface area (Å²) in [5.74, 6) is 1.58. The van der Waals surface area contributed by atoms with Gasteiger partial charge in [-0.25, -0.2) is 4.79 Å². The van der Waals surface area contributed by atoms with Gasteiger partial charge in [0, 0.05) is 31.9 Å². The van der Waals surface area contributed by atoms with Gasteiger partial charge >= 0.3 is 6.03 Å². The first-order valence-electron chi connectivity index (χ1n) is 7.05. The standard InChI is InChI=1S/C15H23N3O2/c1-11-9-17(10-12(11)2)7-8-18(15(16)20)13-3-5-14(19)6-4-13/h3-6,11-12,19H,7-10H2,1-2H3,(H2,16,20). The molecule has 2 atom stereocenters. The second-order valence-electron chi connectivity index (χ2n) is 5.72. The number of primary amides is 1. The number of phenolic OH excluding ortho intramolecular Hbond substituents is 1. The maximum Gasteiger partial charge on any atom is 0.319 e. The van der Waals surface area contributed by atoms with Crippen LogP contribution < -0.4 is 10.6 Å². The van der Waals surface area contributed by atoms with Crippen LogP contribution in [0.25, 0.3) is 0 Å². The fourth-order valence-electron chi connectivity index (χ4n) is 2.67. The van der Waals surface area contributed by atoms with Gasteiger partial charge in [-0.1, -0.05) is 13.8 Å². The zero-order valence-electron chi connectivity index (χ0n) is 12.1. The summed E-state index contributed by atoms with van der Waals surface area (Å²) in [4.78, 5) is 15.5. The number of phenols is 1. The van der Waals surface area contributed by atoms with Gasteiger partial charge in [0.25, 0.3) is 0 Å². The summed E-state index contributed by atoms with van der Waals surface area (Å²) in [6.07, 6.45) is 0. The van der Waals surface area contributed by atoms with E-state index in [0.717, 1.165) is 25.3 Å². The number of likely N-dealkylation sites (tertiary alicyclic amines) is 1. The maximum atomic E-state index is 11.6. The summed E-state index contributed by atoms with van der Waals surface area (Å²) in [5.41, 5.74) is 6.17. The number of amides is 2. The Morgan fingerprint density at radius 1 is 1.30 bits per heavy atom. The van der Waals surface area contributed by atoms with E-state index in [1.165, 1.54) is 0 Å². The van der Waals surface area contributed by atoms with Crippen LogP contribution in [0.1, 0.15) is 13.8 Å². The Hall–Kier alpha value is -1.75. The highest BCUT2D eigenvalue weighted by Gasteiger charge is 2.26. The van der Waals surface area contributed by atoms with Crippen LogP contribution >= 0.6 is 0 Å². The number of benzene rings is 1. The molecule has 1 aliphatic heterocycles. The lowest BCUT2D eigenvalue weighted by Crippen LogP contribution is -2.41. The quantitative estimate of drug-likeness (QED) is 0.882. The van der Waals surface area contributed by atoms with E-state index in [1.807, 2.05) is 0 Å². The minimum atomic E-state index is -0.462. The predicted octanol–water partition coefficient (Wildman–Crippen LogP) is 1.87. The van der Waals surface area contributed by atoms with Crippen LogP contribution in [0.15, 0.2) is 24.3 Å². The highest BCUT2D eigenvalue weighted by atomic mass is 16.3. The molecule has 2 unspecified atom stereocenters. The van der Waals surface area contributed by atoms with Gasteiger partial charge in [0.1, 0.15) is 5.75 Å². The Balaban J connectivity index is 1.97. The summed E-state index contributed by atoms with van der Waals surface area (Å²) >= 11 is 0. The zero-order valence-corrected chi connectivity index (χ0v) is 12.1. The van der Waals surface area contributed by atoms with Crippen molar-refractivity contribution in [2.75, 3.05) is 31.1 Å². The van der Waals surface area contributed by atoms with Crippen LogP contribution in [0.3, 0.4) is 0 Å². The van der Waals surface area contributed by atoms with Crippen LogP contribution in [-0.4, -0.2) is 42.2 Å². The van der Waals surface area contributed by atoms with Gasteiger partial charge in [-0.2, -0.15) is 0 Å². The fraction of sp³-hybridized carbons (Fsp3) is 0.533. The van der Waals surface area contributed by atoms with E-state index in [1.54, 1.807) is 29.2 Å². The van der Waals surface area contributed by atoms with E-state index in [9.17, 15) is 9.90 Å². The van der Waals surface area contributed by atoms with Crippen molar-refractivity contribution in [2.24, 2.45) is 17.6 Å². The summed E-state index contributed by atoms with van der Waals surface area (Å²) in [6, 6.07) is 6.07. The Morgan fingerprint density at radius 3 is 2.35 bits per heavy atom. The number of carbonyl (C=O) groups excluding carboxylic acids is 1. The number of urea groups is 1. The highest BCUT2D eigenvalue weighted by Crippen LogP contribution is 2.22. The van der Waals surface area contributed by atoms with Crippen molar-refractivity contribution < 1.29 is 9.90 Å². The lowest BCUT2D eigenvalue weighted by atomic mass is 10.0. The molecule has 0 aliphatic carbocycles. The van der Waals surface area contributed by atoms with Gasteiger partial charge < -0.3 is 15.7 Å². The topological polar surface area (TPSA) is 69.8 Å². The molecule has 2 amide bonds. The van der Waals surface area contributed by atoms with E-state index in [-0.39, 0.29) is 5.75 Å². The third-order valence-corrected chi connectivity index (χ3v) is 4.13. The first-order valence-corrected chi connectivity index (χ1v) is 7.05. The number of nitrogens with zero attached hydrogens (tertiary/aromatic N) is 2. The zero-order chi connectivity index (χ0) is 14.7. The Morgan fingerprint density at radius 2 is 1.85 bits per heavy atom. The van der Waals surface area contributed by atoms with Gasteiger partial charge in [0.05, 0.1) is 0 Å². The van der Waals surface area contributed by atoms with E-state index in [4.69, 9.17) is 5.73 Å². The normalized spacial score (nSPS) is 22.9. The molecule has 110 valence electrons. The van der Waals surface area contributed by atoms with Gasteiger partial charge in [-0.05, 0) is 36.1 Å². The fourth-order valence-corrected chi connectivity index (χ4v) is 2.67. The van der Waals surface area contributed by atoms with Crippen LogP contribution in [0.4, 0.5) is 10.5 Å². The first-order chi connectivity index (χ1) is 9.47. The lowest BCUT2D eigenvalue weighted by molar-refractivity contribution is 0.252. The first kappa shape index (κ1) is 14.7. The molecular formula is C15H23N3O2. The van der Waals surface area contributed by atoms with Crippen LogP contribution in [0.2, 0.25) is 0 Å². The molecule has 20 heavy (non-hydrogen) atoms. The van der Waals surface area contributed by atoms with Crippen molar-refractivity contribution in [3.05, 3.63) is 24.3 Å². The molecule has 0 bridgehead atoms. The summed E-state index contributed by atoms with van der Waals surface area (Å²) in [5, 5.41) is 9.29. The van der Waals surface area contributed by atoms with Gasteiger partial charge in [-0.3, -0.25) is 4.90 Å². The van der Waals surface area contributed by atoms with Gasteiger partial charge in [0.2, 0.25) is 0 Å². The van der Waals surface area contributed by atoms with Crippen molar-refractivity contribution in [3.8, 4) is 5.75 Å². The highest BCUT2D eigenvalue weighted by molar-refractivity contribution is 5.90. The number of hydrogen-bond acceptors (Lipinski definition) is 3. The second kappa shape index (κ2) is 6.13. The number of aromatic hydroxyl groups is 1. The molecule has 1 aromatic rings. The summed E-state index contributed by atoms with van der Waals surface area (Å²) in [6.45, 7) is 8.05. The number of anilines is 1. The molecule has 2 rings (SSSR count). The van der Waals surface area contributed by atoms with E-state index < -0.39 is 6.03 Å². The number of carbonyl (C=O) groups is 1. The monoisotopic (exact) mass is 277 g/mol. The van der Waals surface area contributed by atoms with Crippen molar-refractivity contribution in [1.82, 2.24) is 4.90 Å².